The molecule has 0 radical (unpaired) electrons. The van der Waals surface area contributed by atoms with Crippen LogP contribution in [0.2, 0.25) is 0 Å². The van der Waals surface area contributed by atoms with Crippen molar-refractivity contribution >= 4 is 44.2 Å². The summed E-state index contributed by atoms with van der Waals surface area (Å²) in [6.45, 7) is 6.01. The minimum atomic E-state index is -0.276. The van der Waals surface area contributed by atoms with Gasteiger partial charge in [-0.15, -0.1) is 11.3 Å². The molecular formula is C23H24N4O2S. The highest BCUT2D eigenvalue weighted by Crippen LogP contribution is 2.38. The van der Waals surface area contributed by atoms with Crippen LogP contribution in [-0.4, -0.2) is 40.6 Å². The third-order valence-electron chi connectivity index (χ3n) is 5.95. The summed E-state index contributed by atoms with van der Waals surface area (Å²) < 4.78 is 5.22. The fraction of sp³-hybridized carbons (Fsp3) is 0.348. The summed E-state index contributed by atoms with van der Waals surface area (Å²) >= 11 is 1.39. The molecule has 0 spiro atoms. The van der Waals surface area contributed by atoms with Crippen LogP contribution >= 0.6 is 11.3 Å². The van der Waals surface area contributed by atoms with Crippen LogP contribution in [0, 0.1) is 6.92 Å². The molecule has 6 nitrogen and oxygen atoms in total. The summed E-state index contributed by atoms with van der Waals surface area (Å²) in [7, 11) is 0. The second-order valence-electron chi connectivity index (χ2n) is 7.73. The molecule has 154 valence electrons. The molecule has 0 saturated carbocycles. The maximum absolute atomic E-state index is 12.3. The van der Waals surface area contributed by atoms with Gasteiger partial charge in [0.2, 0.25) is 0 Å². The Morgan fingerprint density at radius 1 is 1.27 bits per heavy atom. The van der Waals surface area contributed by atoms with Gasteiger partial charge in [-0.1, -0.05) is 18.2 Å². The molecule has 30 heavy (non-hydrogen) atoms. The Morgan fingerprint density at radius 3 is 2.83 bits per heavy atom. The maximum Gasteiger partial charge on any atom is 0.348 e. The quantitative estimate of drug-likeness (QED) is 0.468. The summed E-state index contributed by atoms with van der Waals surface area (Å²) in [4.78, 5) is 28.7. The van der Waals surface area contributed by atoms with Crippen molar-refractivity contribution < 1.29 is 9.53 Å². The number of para-hydroxylation sites is 1. The third-order valence-corrected chi connectivity index (χ3v) is 7.13. The van der Waals surface area contributed by atoms with Crippen LogP contribution < -0.4 is 4.90 Å². The lowest BCUT2D eigenvalue weighted by atomic mass is 9.93. The molecule has 4 heterocycles. The van der Waals surface area contributed by atoms with Crippen LogP contribution in [0.5, 0.6) is 0 Å². The third kappa shape index (κ3) is 3.23. The molecule has 0 aliphatic carbocycles. The monoisotopic (exact) mass is 420 g/mol. The van der Waals surface area contributed by atoms with E-state index in [9.17, 15) is 4.79 Å². The number of aromatic amines is 1. The molecule has 0 bridgehead atoms. The van der Waals surface area contributed by atoms with Gasteiger partial charge in [-0.25, -0.2) is 14.8 Å². The van der Waals surface area contributed by atoms with Gasteiger partial charge in [0, 0.05) is 30.2 Å². The predicted octanol–water partition coefficient (Wildman–Crippen LogP) is 5.04. The number of carbonyl (C=O) groups is 1. The molecule has 1 fully saturated rings. The minimum absolute atomic E-state index is 0.276. The van der Waals surface area contributed by atoms with Crippen LogP contribution in [0.15, 0.2) is 36.7 Å². The fourth-order valence-corrected chi connectivity index (χ4v) is 5.44. The number of H-pyrrole nitrogens is 1. The molecule has 5 rings (SSSR count). The van der Waals surface area contributed by atoms with Gasteiger partial charge in [0.1, 0.15) is 21.9 Å². The summed E-state index contributed by atoms with van der Waals surface area (Å²) in [5, 5.41) is 2.25. The lowest BCUT2D eigenvalue weighted by Crippen LogP contribution is -2.33. The second kappa shape index (κ2) is 7.72. The molecule has 0 unspecified atom stereocenters. The van der Waals surface area contributed by atoms with Crippen molar-refractivity contribution in [3.05, 3.63) is 52.8 Å². The largest absolute Gasteiger partial charge is 0.462 e. The summed E-state index contributed by atoms with van der Waals surface area (Å²) in [6, 6.07) is 10.7. The van der Waals surface area contributed by atoms with Crippen LogP contribution in [0.4, 0.5) is 5.82 Å². The summed E-state index contributed by atoms with van der Waals surface area (Å²) in [6.07, 6.45) is 3.73. The number of thiophene rings is 1. The van der Waals surface area contributed by atoms with E-state index in [4.69, 9.17) is 4.74 Å². The Bertz CT molecular complexity index is 1190. The van der Waals surface area contributed by atoms with Crippen molar-refractivity contribution in [3.63, 3.8) is 0 Å². The number of esters is 1. The number of hydrogen-bond donors (Lipinski definition) is 1. The van der Waals surface area contributed by atoms with Crippen molar-refractivity contribution in [2.24, 2.45) is 0 Å². The van der Waals surface area contributed by atoms with Crippen molar-refractivity contribution in [2.75, 3.05) is 24.6 Å². The maximum atomic E-state index is 12.3. The number of rotatable bonds is 4. The van der Waals surface area contributed by atoms with Crippen molar-refractivity contribution in [3.8, 4) is 0 Å². The average molecular weight is 421 g/mol. The Labute approximate surface area is 178 Å². The van der Waals surface area contributed by atoms with E-state index in [1.54, 1.807) is 6.33 Å². The number of ether oxygens (including phenoxy) is 1. The van der Waals surface area contributed by atoms with Crippen LogP contribution in [0.3, 0.4) is 0 Å². The molecule has 7 heteroatoms. The fourth-order valence-electron chi connectivity index (χ4n) is 4.40. The number of aromatic nitrogens is 3. The molecular weight excluding hydrogens is 396 g/mol. The van der Waals surface area contributed by atoms with Crippen LogP contribution in [0.1, 0.15) is 46.6 Å². The van der Waals surface area contributed by atoms with E-state index in [0.29, 0.717) is 17.4 Å². The molecule has 1 N–H and O–H groups in total. The standard InChI is InChI=1S/C23H24N4O2S/c1-3-29-23(28)20-14(2)19-21(24-13-25-22(19)30-20)27-10-8-15(9-11-27)18-12-16-6-4-5-7-17(16)26-18/h4-7,12-13,15,26H,3,8-11H2,1-2H3. The van der Waals surface area contributed by atoms with E-state index in [1.807, 2.05) is 13.8 Å². The van der Waals surface area contributed by atoms with Crippen LogP contribution in [-0.2, 0) is 4.74 Å². The highest BCUT2D eigenvalue weighted by atomic mass is 32.1. The van der Waals surface area contributed by atoms with Gasteiger partial charge < -0.3 is 14.6 Å². The van der Waals surface area contributed by atoms with E-state index in [2.05, 4.69) is 50.2 Å². The van der Waals surface area contributed by atoms with Gasteiger partial charge in [-0.05, 0) is 49.8 Å². The van der Waals surface area contributed by atoms with E-state index in [-0.39, 0.29) is 5.97 Å². The molecule has 1 aliphatic rings. The smallest absolute Gasteiger partial charge is 0.348 e. The first-order chi connectivity index (χ1) is 14.7. The molecule has 1 saturated heterocycles. The number of nitrogens with zero attached hydrogens (tertiary/aromatic N) is 3. The number of anilines is 1. The predicted molar refractivity (Wildman–Crippen MR) is 121 cm³/mol. The number of hydrogen-bond acceptors (Lipinski definition) is 6. The summed E-state index contributed by atoms with van der Waals surface area (Å²) in [5.74, 6) is 1.17. The molecule has 1 aromatic carbocycles. The zero-order valence-corrected chi connectivity index (χ0v) is 18.0. The van der Waals surface area contributed by atoms with Gasteiger partial charge in [-0.2, -0.15) is 0 Å². The number of nitrogens with one attached hydrogen (secondary N) is 1. The highest BCUT2D eigenvalue weighted by molar-refractivity contribution is 7.20. The molecule has 0 amide bonds. The van der Waals surface area contributed by atoms with Gasteiger partial charge in [0.05, 0.1) is 12.0 Å². The number of fused-ring (bicyclic) bond motifs is 2. The number of benzene rings is 1. The van der Waals surface area contributed by atoms with E-state index < -0.39 is 0 Å². The zero-order valence-electron chi connectivity index (χ0n) is 17.1. The van der Waals surface area contributed by atoms with Gasteiger partial charge in [0.25, 0.3) is 0 Å². The number of piperidine rings is 1. The average Bonchev–Trinajstić information content (AvgIpc) is 3.35. The first kappa shape index (κ1) is 19.1. The minimum Gasteiger partial charge on any atom is -0.462 e. The zero-order chi connectivity index (χ0) is 20.7. The highest BCUT2D eigenvalue weighted by Gasteiger charge is 2.26. The first-order valence-corrected chi connectivity index (χ1v) is 11.2. The molecule has 1 aliphatic heterocycles. The van der Waals surface area contributed by atoms with E-state index in [1.165, 1.54) is 27.9 Å². The van der Waals surface area contributed by atoms with E-state index in [0.717, 1.165) is 47.5 Å². The normalized spacial score (nSPS) is 15.2. The number of carbonyl (C=O) groups excluding carboxylic acids is 1. The lowest BCUT2D eigenvalue weighted by molar-refractivity contribution is 0.0531. The van der Waals surface area contributed by atoms with Crippen LogP contribution in [0.25, 0.3) is 21.1 Å². The van der Waals surface area contributed by atoms with Gasteiger partial charge in [-0.3, -0.25) is 0 Å². The van der Waals surface area contributed by atoms with Gasteiger partial charge >= 0.3 is 5.97 Å². The number of aryl methyl sites for hydroxylation is 1. The van der Waals surface area contributed by atoms with E-state index >= 15 is 0 Å². The topological polar surface area (TPSA) is 71.1 Å². The molecule has 4 aromatic rings. The summed E-state index contributed by atoms with van der Waals surface area (Å²) in [5.41, 5.74) is 3.44. The Balaban J connectivity index is 1.40. The van der Waals surface area contributed by atoms with Crippen molar-refractivity contribution in [1.82, 2.24) is 15.0 Å². The van der Waals surface area contributed by atoms with Gasteiger partial charge in [0.15, 0.2) is 0 Å². The Morgan fingerprint density at radius 2 is 2.07 bits per heavy atom. The Hall–Kier alpha value is -2.93. The SMILES string of the molecule is CCOC(=O)c1sc2ncnc(N3CCC(c4cc5ccccc5[nH]4)CC3)c2c1C. The first-order valence-electron chi connectivity index (χ1n) is 10.4. The molecule has 0 atom stereocenters. The van der Waals surface area contributed by atoms with Crippen molar-refractivity contribution in [1.29, 1.82) is 0 Å². The Kier molecular flexibility index (Phi) is 4.90. The molecule has 3 aromatic heterocycles. The second-order valence-corrected chi connectivity index (χ2v) is 8.73. The lowest BCUT2D eigenvalue weighted by Gasteiger charge is -2.32. The van der Waals surface area contributed by atoms with Crippen molar-refractivity contribution in [2.45, 2.75) is 32.6 Å².